The van der Waals surface area contributed by atoms with Crippen LogP contribution in [-0.2, 0) is 6.18 Å². The molecule has 0 saturated carbocycles. The molecule has 1 fully saturated rings. The number of anilines is 4. The summed E-state index contributed by atoms with van der Waals surface area (Å²) in [6.45, 7) is 3.16. The molecule has 2 amide bonds. The topological polar surface area (TPSA) is 73.4 Å². The average Bonchev–Trinajstić information content (AvgIpc) is 2.81. The molecule has 0 unspecified atom stereocenters. The third-order valence-corrected chi connectivity index (χ3v) is 5.44. The number of nitrogens with one attached hydrogen (secondary N) is 2. The quantitative estimate of drug-likeness (QED) is 0.547. The van der Waals surface area contributed by atoms with Crippen LogP contribution >= 0.6 is 11.6 Å². The summed E-state index contributed by atoms with van der Waals surface area (Å²) in [5.74, 6) is 0.543. The minimum absolute atomic E-state index is 0.0435. The van der Waals surface area contributed by atoms with Crippen LogP contribution in [0.5, 0.6) is 0 Å². The number of benzene rings is 2. The highest BCUT2D eigenvalue weighted by molar-refractivity contribution is 6.31. The molecule has 0 spiro atoms. The van der Waals surface area contributed by atoms with E-state index in [2.05, 4.69) is 42.5 Å². The Morgan fingerprint density at radius 2 is 1.48 bits per heavy atom. The predicted molar refractivity (Wildman–Crippen MR) is 122 cm³/mol. The van der Waals surface area contributed by atoms with Gasteiger partial charge in [0, 0.05) is 37.6 Å². The summed E-state index contributed by atoms with van der Waals surface area (Å²) in [6.07, 6.45) is -1.72. The number of carbonyl (C=O) groups excluding carboxylic acids is 1. The van der Waals surface area contributed by atoms with Gasteiger partial charge in [-0.1, -0.05) is 29.8 Å². The molecule has 7 nitrogen and oxygen atoms in total. The van der Waals surface area contributed by atoms with Crippen molar-refractivity contribution in [3.63, 3.8) is 0 Å². The molecule has 3 aromatic rings. The normalized spacial score (nSPS) is 14.2. The predicted octanol–water partition coefficient (Wildman–Crippen LogP) is 5.12. The Kier molecular flexibility index (Phi) is 6.55. The first-order chi connectivity index (χ1) is 15.8. The minimum Gasteiger partial charge on any atom is -0.368 e. The second kappa shape index (κ2) is 9.53. The summed E-state index contributed by atoms with van der Waals surface area (Å²) in [7, 11) is 0. The molecule has 1 aromatic heterocycles. The Morgan fingerprint density at radius 3 is 2.12 bits per heavy atom. The standard InChI is InChI=1S/C22H20ClF3N6O/c23-19-7-6-15(12-18(19)22(24,25)26)29-21(33)30-16-13-27-20(28-14-16)32-10-8-31(9-11-32)17-4-2-1-3-5-17/h1-7,12-14H,8-11H2,(H2,29,30,33). The number of urea groups is 1. The molecule has 1 aliphatic rings. The first kappa shape index (κ1) is 22.7. The van der Waals surface area contributed by atoms with Crippen molar-refractivity contribution in [2.45, 2.75) is 6.18 Å². The van der Waals surface area contributed by atoms with Crippen LogP contribution in [0.4, 0.5) is 41.0 Å². The molecule has 0 aliphatic carbocycles. The van der Waals surface area contributed by atoms with Gasteiger partial charge in [-0.05, 0) is 30.3 Å². The Balaban J connectivity index is 1.32. The van der Waals surface area contributed by atoms with E-state index in [0.717, 1.165) is 38.3 Å². The van der Waals surface area contributed by atoms with Crippen molar-refractivity contribution in [3.8, 4) is 0 Å². The van der Waals surface area contributed by atoms with Crippen molar-refractivity contribution in [2.75, 3.05) is 46.6 Å². The van der Waals surface area contributed by atoms with Crippen LogP contribution in [0.15, 0.2) is 60.9 Å². The van der Waals surface area contributed by atoms with Gasteiger partial charge in [0.05, 0.1) is 28.7 Å². The summed E-state index contributed by atoms with van der Waals surface area (Å²) in [5.41, 5.74) is 0.413. The Hall–Kier alpha value is -3.53. The van der Waals surface area contributed by atoms with Gasteiger partial charge in [0.1, 0.15) is 0 Å². The Morgan fingerprint density at radius 1 is 0.879 bits per heavy atom. The highest BCUT2D eigenvalue weighted by Crippen LogP contribution is 2.36. The molecule has 11 heteroatoms. The molecule has 0 radical (unpaired) electrons. The van der Waals surface area contributed by atoms with Crippen LogP contribution in [0, 0.1) is 0 Å². The summed E-state index contributed by atoms with van der Waals surface area (Å²) in [5, 5.41) is 4.41. The molecule has 1 aliphatic heterocycles. The number of piperazine rings is 1. The van der Waals surface area contributed by atoms with Crippen LogP contribution in [-0.4, -0.2) is 42.2 Å². The number of amides is 2. The first-order valence-electron chi connectivity index (χ1n) is 10.1. The molecular formula is C22H20ClF3N6O. The fraction of sp³-hybridized carbons (Fsp3) is 0.227. The molecule has 2 N–H and O–H groups in total. The van der Waals surface area contributed by atoms with Crippen molar-refractivity contribution in [2.24, 2.45) is 0 Å². The molecule has 2 heterocycles. The van der Waals surface area contributed by atoms with E-state index >= 15 is 0 Å². The summed E-state index contributed by atoms with van der Waals surface area (Å²) >= 11 is 5.59. The van der Waals surface area contributed by atoms with Gasteiger partial charge < -0.3 is 20.4 Å². The fourth-order valence-electron chi connectivity index (χ4n) is 3.47. The molecule has 0 bridgehead atoms. The second-order valence-corrected chi connectivity index (χ2v) is 7.76. The summed E-state index contributed by atoms with van der Waals surface area (Å²) in [6, 6.07) is 12.6. The molecular weight excluding hydrogens is 457 g/mol. The van der Waals surface area contributed by atoms with E-state index in [1.54, 1.807) is 0 Å². The zero-order chi connectivity index (χ0) is 23.4. The molecule has 1 saturated heterocycles. The van der Waals surface area contributed by atoms with Gasteiger partial charge in [0.15, 0.2) is 0 Å². The van der Waals surface area contributed by atoms with Gasteiger partial charge in [-0.3, -0.25) is 0 Å². The number of alkyl halides is 3. The van der Waals surface area contributed by atoms with Crippen LogP contribution < -0.4 is 20.4 Å². The van der Waals surface area contributed by atoms with E-state index in [-0.39, 0.29) is 5.69 Å². The summed E-state index contributed by atoms with van der Waals surface area (Å²) in [4.78, 5) is 25.1. The minimum atomic E-state index is -4.62. The largest absolute Gasteiger partial charge is 0.417 e. The van der Waals surface area contributed by atoms with E-state index in [0.29, 0.717) is 11.6 Å². The van der Waals surface area contributed by atoms with E-state index in [1.165, 1.54) is 24.1 Å². The number of hydrogen-bond donors (Lipinski definition) is 2. The second-order valence-electron chi connectivity index (χ2n) is 7.35. The van der Waals surface area contributed by atoms with Gasteiger partial charge in [-0.25, -0.2) is 14.8 Å². The van der Waals surface area contributed by atoms with Crippen LogP contribution in [0.3, 0.4) is 0 Å². The Labute approximate surface area is 193 Å². The Bertz CT molecular complexity index is 1100. The molecule has 2 aromatic carbocycles. The van der Waals surface area contributed by atoms with E-state index in [4.69, 9.17) is 11.6 Å². The van der Waals surface area contributed by atoms with Gasteiger partial charge in [0.2, 0.25) is 5.95 Å². The molecule has 0 atom stereocenters. The van der Waals surface area contributed by atoms with Crippen LogP contribution in [0.1, 0.15) is 5.56 Å². The van der Waals surface area contributed by atoms with Crippen molar-refractivity contribution >= 4 is 40.6 Å². The number of carbonyl (C=O) groups is 1. The lowest BCUT2D eigenvalue weighted by Crippen LogP contribution is -2.47. The van der Waals surface area contributed by atoms with E-state index in [1.807, 2.05) is 18.2 Å². The number of halogens is 4. The van der Waals surface area contributed by atoms with Gasteiger partial charge in [-0.2, -0.15) is 13.2 Å². The molecule has 33 heavy (non-hydrogen) atoms. The number of hydrogen-bond acceptors (Lipinski definition) is 5. The monoisotopic (exact) mass is 476 g/mol. The summed E-state index contributed by atoms with van der Waals surface area (Å²) < 4.78 is 38.9. The third kappa shape index (κ3) is 5.64. The van der Waals surface area contributed by atoms with Gasteiger partial charge in [-0.15, -0.1) is 0 Å². The van der Waals surface area contributed by atoms with E-state index < -0.39 is 22.8 Å². The zero-order valence-electron chi connectivity index (χ0n) is 17.3. The van der Waals surface area contributed by atoms with Crippen molar-refractivity contribution < 1.29 is 18.0 Å². The van der Waals surface area contributed by atoms with Crippen molar-refractivity contribution in [3.05, 3.63) is 71.5 Å². The average molecular weight is 477 g/mol. The number of aromatic nitrogens is 2. The van der Waals surface area contributed by atoms with Gasteiger partial charge >= 0.3 is 12.2 Å². The smallest absolute Gasteiger partial charge is 0.368 e. The maximum atomic E-state index is 13.0. The molecule has 4 rings (SSSR count). The van der Waals surface area contributed by atoms with Crippen molar-refractivity contribution in [1.29, 1.82) is 0 Å². The third-order valence-electron chi connectivity index (χ3n) is 5.11. The highest BCUT2D eigenvalue weighted by Gasteiger charge is 2.33. The van der Waals surface area contributed by atoms with Gasteiger partial charge in [0.25, 0.3) is 0 Å². The van der Waals surface area contributed by atoms with E-state index in [9.17, 15) is 18.0 Å². The maximum absolute atomic E-state index is 13.0. The van der Waals surface area contributed by atoms with Crippen molar-refractivity contribution in [1.82, 2.24) is 9.97 Å². The fourth-order valence-corrected chi connectivity index (χ4v) is 3.69. The lowest BCUT2D eigenvalue weighted by molar-refractivity contribution is -0.137. The first-order valence-corrected chi connectivity index (χ1v) is 10.5. The highest BCUT2D eigenvalue weighted by atomic mass is 35.5. The zero-order valence-corrected chi connectivity index (χ0v) is 18.1. The number of nitrogens with zero attached hydrogens (tertiary/aromatic N) is 4. The number of para-hydroxylation sites is 1. The van der Waals surface area contributed by atoms with Crippen LogP contribution in [0.2, 0.25) is 5.02 Å². The van der Waals surface area contributed by atoms with Crippen LogP contribution in [0.25, 0.3) is 0 Å². The number of rotatable bonds is 4. The maximum Gasteiger partial charge on any atom is 0.417 e. The molecule has 172 valence electrons. The lowest BCUT2D eigenvalue weighted by Gasteiger charge is -2.36. The SMILES string of the molecule is O=C(Nc1cnc(N2CCN(c3ccccc3)CC2)nc1)Nc1ccc(Cl)c(C(F)(F)F)c1. The lowest BCUT2D eigenvalue weighted by atomic mass is 10.2.